The Morgan fingerprint density at radius 1 is 1.47 bits per heavy atom. The van der Waals surface area contributed by atoms with Crippen molar-refractivity contribution < 1.29 is 4.79 Å². The zero-order valence-corrected chi connectivity index (χ0v) is 10.8. The molecule has 0 aliphatic rings. The van der Waals surface area contributed by atoms with Crippen LogP contribution >= 0.6 is 27.5 Å². The van der Waals surface area contributed by atoms with Crippen molar-refractivity contribution in [3.63, 3.8) is 0 Å². The number of hydrogen-bond donors (Lipinski definition) is 1. The molecule has 15 heavy (non-hydrogen) atoms. The molecule has 0 bridgehead atoms. The zero-order valence-electron chi connectivity index (χ0n) is 8.47. The van der Waals surface area contributed by atoms with Crippen molar-refractivity contribution in [3.05, 3.63) is 34.3 Å². The van der Waals surface area contributed by atoms with Crippen molar-refractivity contribution in [1.82, 2.24) is 5.32 Å². The minimum atomic E-state index is -0.0135. The van der Waals surface area contributed by atoms with Crippen LogP contribution < -0.4 is 5.32 Å². The maximum atomic E-state index is 11.3. The van der Waals surface area contributed by atoms with Gasteiger partial charge in [0.15, 0.2) is 0 Å². The van der Waals surface area contributed by atoms with Gasteiger partial charge in [0.05, 0.1) is 6.04 Å². The highest BCUT2D eigenvalue weighted by atomic mass is 79.9. The molecule has 1 aromatic rings. The number of amides is 1. The number of carbonyl (C=O) groups is 1. The van der Waals surface area contributed by atoms with Crippen molar-refractivity contribution in [2.24, 2.45) is 0 Å². The summed E-state index contributed by atoms with van der Waals surface area (Å²) in [5, 5.41) is 2.88. The lowest BCUT2D eigenvalue weighted by Gasteiger charge is -2.13. The Morgan fingerprint density at radius 3 is 2.60 bits per heavy atom. The number of rotatable bonds is 4. The molecule has 0 unspecified atom stereocenters. The molecular formula is C11H13BrClNO. The third-order valence-corrected chi connectivity index (χ3v) is 2.79. The van der Waals surface area contributed by atoms with Gasteiger partial charge < -0.3 is 5.32 Å². The lowest BCUT2D eigenvalue weighted by atomic mass is 10.1. The largest absolute Gasteiger partial charge is 0.350 e. The highest BCUT2D eigenvalue weighted by Gasteiger charge is 2.08. The van der Waals surface area contributed by atoms with E-state index in [2.05, 4.69) is 21.2 Å². The van der Waals surface area contributed by atoms with Gasteiger partial charge in [0.2, 0.25) is 5.91 Å². The molecule has 0 aliphatic carbocycles. The molecule has 0 aliphatic heterocycles. The fraction of sp³-hybridized carbons (Fsp3) is 0.364. The SMILES string of the molecule is C[C@@H](NC(=O)CCCl)c1ccc(Br)cc1. The highest BCUT2D eigenvalue weighted by Crippen LogP contribution is 2.16. The maximum Gasteiger partial charge on any atom is 0.221 e. The molecule has 1 aromatic carbocycles. The zero-order chi connectivity index (χ0) is 11.3. The van der Waals surface area contributed by atoms with Crippen LogP contribution in [0.25, 0.3) is 0 Å². The van der Waals surface area contributed by atoms with Gasteiger partial charge in [-0.05, 0) is 24.6 Å². The Labute approximate surface area is 103 Å². The van der Waals surface area contributed by atoms with Crippen molar-refractivity contribution in [2.45, 2.75) is 19.4 Å². The van der Waals surface area contributed by atoms with Gasteiger partial charge in [-0.2, -0.15) is 0 Å². The molecule has 0 heterocycles. The minimum Gasteiger partial charge on any atom is -0.350 e. The predicted molar refractivity (Wildman–Crippen MR) is 66.0 cm³/mol. The molecule has 0 spiro atoms. The van der Waals surface area contributed by atoms with Gasteiger partial charge in [0.1, 0.15) is 0 Å². The summed E-state index contributed by atoms with van der Waals surface area (Å²) in [4.78, 5) is 11.3. The molecule has 0 saturated carbocycles. The Balaban J connectivity index is 2.57. The van der Waals surface area contributed by atoms with Crippen LogP contribution in [-0.4, -0.2) is 11.8 Å². The lowest BCUT2D eigenvalue weighted by Crippen LogP contribution is -2.26. The fourth-order valence-electron chi connectivity index (χ4n) is 1.23. The first-order valence-electron chi connectivity index (χ1n) is 4.74. The van der Waals surface area contributed by atoms with Crippen molar-refractivity contribution in [1.29, 1.82) is 0 Å². The normalized spacial score (nSPS) is 12.2. The summed E-state index contributed by atoms with van der Waals surface area (Å²) >= 11 is 8.85. The fourth-order valence-corrected chi connectivity index (χ4v) is 1.67. The Morgan fingerprint density at radius 2 is 2.07 bits per heavy atom. The van der Waals surface area contributed by atoms with E-state index in [1.807, 2.05) is 31.2 Å². The smallest absolute Gasteiger partial charge is 0.221 e. The standard InChI is InChI=1S/C11H13BrClNO/c1-8(14-11(15)6-7-13)9-2-4-10(12)5-3-9/h2-5,8H,6-7H2,1H3,(H,14,15)/t8-/m1/s1. The van der Waals surface area contributed by atoms with Gasteiger partial charge in [-0.3, -0.25) is 4.79 Å². The van der Waals surface area contributed by atoms with Crippen LogP contribution in [0.1, 0.15) is 24.9 Å². The van der Waals surface area contributed by atoms with Crippen molar-refractivity contribution in [2.75, 3.05) is 5.88 Å². The first kappa shape index (κ1) is 12.5. The monoisotopic (exact) mass is 289 g/mol. The van der Waals surface area contributed by atoms with Crippen LogP contribution in [0.2, 0.25) is 0 Å². The molecule has 1 amide bonds. The third kappa shape index (κ3) is 4.22. The molecule has 4 heteroatoms. The predicted octanol–water partition coefficient (Wildman–Crippen LogP) is 3.26. The quantitative estimate of drug-likeness (QED) is 0.847. The third-order valence-electron chi connectivity index (χ3n) is 2.07. The van der Waals surface area contributed by atoms with Gasteiger partial charge in [0.25, 0.3) is 0 Å². The average Bonchev–Trinajstić information content (AvgIpc) is 2.18. The second kappa shape index (κ2) is 6.13. The highest BCUT2D eigenvalue weighted by molar-refractivity contribution is 9.10. The van der Waals surface area contributed by atoms with Crippen LogP contribution in [0.15, 0.2) is 28.7 Å². The summed E-state index contributed by atoms with van der Waals surface area (Å²) < 4.78 is 1.03. The summed E-state index contributed by atoms with van der Waals surface area (Å²) in [7, 11) is 0. The van der Waals surface area contributed by atoms with Crippen molar-refractivity contribution >= 4 is 33.4 Å². The van der Waals surface area contributed by atoms with E-state index in [0.29, 0.717) is 12.3 Å². The summed E-state index contributed by atoms with van der Waals surface area (Å²) in [6, 6.07) is 7.90. The van der Waals surface area contributed by atoms with Gasteiger partial charge in [-0.1, -0.05) is 28.1 Å². The first-order valence-corrected chi connectivity index (χ1v) is 6.07. The Hall–Kier alpha value is -0.540. The van der Waals surface area contributed by atoms with E-state index < -0.39 is 0 Å². The molecule has 0 fully saturated rings. The molecule has 1 atom stereocenters. The van der Waals surface area contributed by atoms with Crippen LogP contribution in [0.3, 0.4) is 0 Å². The van der Waals surface area contributed by atoms with E-state index in [1.165, 1.54) is 0 Å². The number of carbonyl (C=O) groups excluding carboxylic acids is 1. The number of nitrogens with one attached hydrogen (secondary N) is 1. The van der Waals surface area contributed by atoms with Crippen LogP contribution in [0.4, 0.5) is 0 Å². The average molecular weight is 291 g/mol. The first-order chi connectivity index (χ1) is 7.13. The van der Waals surface area contributed by atoms with E-state index in [-0.39, 0.29) is 11.9 Å². The topological polar surface area (TPSA) is 29.1 Å². The van der Waals surface area contributed by atoms with Crippen LogP contribution in [-0.2, 0) is 4.79 Å². The van der Waals surface area contributed by atoms with E-state index in [1.54, 1.807) is 0 Å². The summed E-state index contributed by atoms with van der Waals surface area (Å²) in [6.07, 6.45) is 0.364. The number of hydrogen-bond acceptors (Lipinski definition) is 1. The second-order valence-electron chi connectivity index (χ2n) is 3.28. The van der Waals surface area contributed by atoms with Gasteiger partial charge in [0, 0.05) is 16.8 Å². The van der Waals surface area contributed by atoms with Crippen molar-refractivity contribution in [3.8, 4) is 0 Å². The van der Waals surface area contributed by atoms with Gasteiger partial charge in [-0.25, -0.2) is 0 Å². The molecular weight excluding hydrogens is 277 g/mol. The summed E-state index contributed by atoms with van der Waals surface area (Å²) in [5.41, 5.74) is 1.08. The van der Waals surface area contributed by atoms with Gasteiger partial charge in [-0.15, -0.1) is 11.6 Å². The molecule has 1 rings (SSSR count). The number of halogens is 2. The molecule has 82 valence electrons. The van der Waals surface area contributed by atoms with Crippen LogP contribution in [0.5, 0.6) is 0 Å². The van der Waals surface area contributed by atoms with Gasteiger partial charge >= 0.3 is 0 Å². The van der Waals surface area contributed by atoms with E-state index in [4.69, 9.17) is 11.6 Å². The second-order valence-corrected chi connectivity index (χ2v) is 4.57. The minimum absolute atomic E-state index is 0.0135. The number of benzene rings is 1. The molecule has 0 radical (unpaired) electrons. The van der Waals surface area contributed by atoms with E-state index in [9.17, 15) is 4.79 Å². The number of alkyl halides is 1. The summed E-state index contributed by atoms with van der Waals surface area (Å²) in [6.45, 7) is 1.95. The lowest BCUT2D eigenvalue weighted by molar-refractivity contribution is -0.121. The van der Waals surface area contributed by atoms with Crippen LogP contribution in [0, 0.1) is 0 Å². The molecule has 0 saturated heterocycles. The summed E-state index contributed by atoms with van der Waals surface area (Å²) in [5.74, 6) is 0.347. The van der Waals surface area contributed by atoms with E-state index >= 15 is 0 Å². The Kier molecular flexibility index (Phi) is 5.12. The van der Waals surface area contributed by atoms with E-state index in [0.717, 1.165) is 10.0 Å². The Bertz CT molecular complexity index is 326. The molecule has 0 aromatic heterocycles. The molecule has 1 N–H and O–H groups in total. The molecule has 2 nitrogen and oxygen atoms in total. The maximum absolute atomic E-state index is 11.3.